The molecule has 0 saturated heterocycles. The summed E-state index contributed by atoms with van der Waals surface area (Å²) in [6, 6.07) is 26.0. The zero-order valence-electron chi connectivity index (χ0n) is 18.8. The molecule has 0 unspecified atom stereocenters. The minimum Gasteiger partial charge on any atom is -0.497 e. The van der Waals surface area contributed by atoms with Crippen LogP contribution in [0.1, 0.15) is 5.69 Å². The Morgan fingerprint density at radius 2 is 1.06 bits per heavy atom. The van der Waals surface area contributed by atoms with Crippen molar-refractivity contribution >= 4 is 28.9 Å². The molecule has 0 aliphatic heterocycles. The van der Waals surface area contributed by atoms with Crippen molar-refractivity contribution in [3.05, 3.63) is 84.6 Å². The van der Waals surface area contributed by atoms with Gasteiger partial charge in [-0.05, 0) is 41.5 Å². The lowest BCUT2D eigenvalue weighted by molar-refractivity contribution is 0.416. The van der Waals surface area contributed by atoms with Crippen LogP contribution in [0, 0.1) is 6.92 Å². The Kier molecular flexibility index (Phi) is 7.81. The number of hydrogen-bond donors (Lipinski definition) is 2. The minimum atomic E-state index is -0.0663. The van der Waals surface area contributed by atoms with Crippen LogP contribution in [0.3, 0.4) is 0 Å². The number of methoxy groups -OCH3 is 3. The summed E-state index contributed by atoms with van der Waals surface area (Å²) >= 11 is 0. The van der Waals surface area contributed by atoms with E-state index in [0.29, 0.717) is 5.82 Å². The number of hydrogen-bond acceptors (Lipinski definition) is 5. The first kappa shape index (κ1) is 22.8. The molecular weight excluding hydrogens is 401 g/mol. The van der Waals surface area contributed by atoms with Crippen molar-refractivity contribution in [2.24, 2.45) is 0 Å². The largest absolute Gasteiger partial charge is 0.497 e. The van der Waals surface area contributed by atoms with Crippen molar-refractivity contribution in [1.82, 2.24) is 10.2 Å². The van der Waals surface area contributed by atoms with Gasteiger partial charge in [0.05, 0.1) is 21.3 Å². The molecule has 1 aromatic heterocycles. The molecule has 0 aliphatic carbocycles. The summed E-state index contributed by atoms with van der Waals surface area (Å²) in [7, 11) is 5.08. The number of para-hydroxylation sites is 3. The first-order valence-corrected chi connectivity index (χ1v) is 10.2. The average Bonchev–Trinajstić information content (AvgIpc) is 3.23. The Morgan fingerprint density at radius 3 is 1.31 bits per heavy atom. The fourth-order valence-electron chi connectivity index (χ4n) is 3.66. The van der Waals surface area contributed by atoms with Crippen LogP contribution >= 0.6 is 0 Å². The summed E-state index contributed by atoms with van der Waals surface area (Å²) in [5.41, 5.74) is 9.44. The highest BCUT2D eigenvalue weighted by Gasteiger charge is 2.29. The van der Waals surface area contributed by atoms with E-state index in [1.54, 1.807) is 27.4 Å². The molecular formula is C25H28BN3O3. The monoisotopic (exact) mass is 429 g/mol. The summed E-state index contributed by atoms with van der Waals surface area (Å²) < 4.78 is 16.9. The normalized spacial score (nSPS) is 10.0. The number of ether oxygens (including phenoxy) is 3. The number of nitrogens with zero attached hydrogens (tertiary/aromatic N) is 1. The second-order valence-electron chi connectivity index (χ2n) is 7.13. The zero-order valence-corrected chi connectivity index (χ0v) is 18.8. The fourth-order valence-corrected chi connectivity index (χ4v) is 3.66. The molecule has 32 heavy (non-hydrogen) atoms. The number of aromatic nitrogens is 2. The van der Waals surface area contributed by atoms with Crippen LogP contribution in [-0.4, -0.2) is 38.2 Å². The zero-order chi connectivity index (χ0) is 22.9. The predicted molar refractivity (Wildman–Crippen MR) is 131 cm³/mol. The van der Waals surface area contributed by atoms with Gasteiger partial charge < -0.3 is 19.9 Å². The van der Waals surface area contributed by atoms with Crippen molar-refractivity contribution < 1.29 is 14.2 Å². The molecule has 3 N–H and O–H groups in total. The van der Waals surface area contributed by atoms with Gasteiger partial charge in [0, 0.05) is 11.8 Å². The van der Waals surface area contributed by atoms with Crippen LogP contribution < -0.4 is 36.3 Å². The summed E-state index contributed by atoms with van der Waals surface area (Å²) in [5.74, 6) is 3.07. The standard InChI is InChI=1S/C21H21BO3.C4H7N3/c1-23-19-13-7-4-10-16(19)22(17-11-5-8-14-20(17)24-2)18-12-6-9-15-21(18)25-3;1-3-2-4(5)7-6-3/h4-15H,1-3H3;2H,1H3,(H3,5,6,7). The lowest BCUT2D eigenvalue weighted by Gasteiger charge is -2.22. The van der Waals surface area contributed by atoms with Gasteiger partial charge in [0.1, 0.15) is 23.1 Å². The van der Waals surface area contributed by atoms with Gasteiger partial charge in [-0.25, -0.2) is 0 Å². The summed E-state index contributed by atoms with van der Waals surface area (Å²) in [5, 5.41) is 6.36. The molecule has 0 radical (unpaired) electrons. The molecule has 164 valence electrons. The molecule has 0 atom stereocenters. The van der Waals surface area contributed by atoms with Crippen LogP contribution in [0.15, 0.2) is 78.9 Å². The van der Waals surface area contributed by atoms with E-state index in [4.69, 9.17) is 19.9 Å². The Labute approximate surface area is 189 Å². The molecule has 4 aromatic rings. The van der Waals surface area contributed by atoms with Crippen LogP contribution in [0.4, 0.5) is 5.82 Å². The molecule has 0 bridgehead atoms. The maximum Gasteiger partial charge on any atom is 0.255 e. The first-order valence-electron chi connectivity index (χ1n) is 10.2. The Morgan fingerprint density at radius 1 is 0.688 bits per heavy atom. The van der Waals surface area contributed by atoms with E-state index < -0.39 is 0 Å². The highest BCUT2D eigenvalue weighted by atomic mass is 16.5. The van der Waals surface area contributed by atoms with E-state index in [-0.39, 0.29) is 6.71 Å². The quantitative estimate of drug-likeness (QED) is 0.461. The van der Waals surface area contributed by atoms with E-state index in [0.717, 1.165) is 39.3 Å². The number of nitrogens with two attached hydrogens (primary N) is 1. The van der Waals surface area contributed by atoms with Crippen molar-refractivity contribution in [3.8, 4) is 17.2 Å². The molecule has 7 heteroatoms. The number of rotatable bonds is 6. The number of aromatic amines is 1. The van der Waals surface area contributed by atoms with Crippen LogP contribution in [0.2, 0.25) is 0 Å². The topological polar surface area (TPSA) is 82.4 Å². The molecule has 0 aliphatic rings. The second kappa shape index (κ2) is 11.0. The van der Waals surface area contributed by atoms with Crippen molar-refractivity contribution in [2.75, 3.05) is 27.1 Å². The number of H-pyrrole nitrogens is 1. The van der Waals surface area contributed by atoms with E-state index >= 15 is 0 Å². The highest BCUT2D eigenvalue weighted by Crippen LogP contribution is 2.16. The van der Waals surface area contributed by atoms with Gasteiger partial charge in [0.25, 0.3) is 6.71 Å². The van der Waals surface area contributed by atoms with E-state index in [1.165, 1.54) is 0 Å². The molecule has 0 fully saturated rings. The molecule has 1 heterocycles. The molecule has 0 spiro atoms. The minimum absolute atomic E-state index is 0.0663. The SMILES string of the molecule is COc1ccccc1B(c1ccccc1OC)c1ccccc1OC.Cc1cc(N)n[nH]1. The Balaban J connectivity index is 0.000000352. The highest BCUT2D eigenvalue weighted by molar-refractivity contribution is 6.97. The summed E-state index contributed by atoms with van der Waals surface area (Å²) in [6.45, 7) is 1.84. The third-order valence-electron chi connectivity index (χ3n) is 5.08. The van der Waals surface area contributed by atoms with Crippen molar-refractivity contribution in [2.45, 2.75) is 6.92 Å². The number of nitrogen functional groups attached to an aromatic ring is 1. The van der Waals surface area contributed by atoms with Crippen LogP contribution in [0.5, 0.6) is 17.2 Å². The number of nitrogens with one attached hydrogen (secondary N) is 1. The molecule has 3 aromatic carbocycles. The van der Waals surface area contributed by atoms with Gasteiger partial charge in [-0.1, -0.05) is 54.6 Å². The maximum atomic E-state index is 5.63. The van der Waals surface area contributed by atoms with Gasteiger partial charge in [-0.15, -0.1) is 0 Å². The van der Waals surface area contributed by atoms with Gasteiger partial charge >= 0.3 is 0 Å². The Bertz CT molecular complexity index is 1020. The lowest BCUT2D eigenvalue weighted by Crippen LogP contribution is -2.53. The number of benzene rings is 3. The molecule has 0 amide bonds. The average molecular weight is 429 g/mol. The van der Waals surface area contributed by atoms with Gasteiger partial charge in [0.15, 0.2) is 0 Å². The van der Waals surface area contributed by atoms with Crippen molar-refractivity contribution in [1.29, 1.82) is 0 Å². The van der Waals surface area contributed by atoms with E-state index in [1.807, 2.05) is 61.5 Å². The van der Waals surface area contributed by atoms with E-state index in [9.17, 15) is 0 Å². The van der Waals surface area contributed by atoms with Crippen LogP contribution in [0.25, 0.3) is 0 Å². The number of aryl methyl sites for hydroxylation is 1. The molecule has 4 rings (SSSR count). The third-order valence-corrected chi connectivity index (χ3v) is 5.08. The second-order valence-corrected chi connectivity index (χ2v) is 7.13. The first-order chi connectivity index (χ1) is 15.6. The van der Waals surface area contributed by atoms with Crippen molar-refractivity contribution in [3.63, 3.8) is 0 Å². The smallest absolute Gasteiger partial charge is 0.255 e. The van der Waals surface area contributed by atoms with E-state index in [2.05, 4.69) is 28.4 Å². The van der Waals surface area contributed by atoms with Gasteiger partial charge in [0.2, 0.25) is 0 Å². The Hall–Kier alpha value is -3.87. The summed E-state index contributed by atoms with van der Waals surface area (Å²) in [6.07, 6.45) is 0. The number of anilines is 1. The third kappa shape index (κ3) is 5.24. The van der Waals surface area contributed by atoms with Gasteiger partial charge in [-0.3, -0.25) is 5.10 Å². The van der Waals surface area contributed by atoms with Gasteiger partial charge in [-0.2, -0.15) is 5.10 Å². The fraction of sp³-hybridized carbons (Fsp3) is 0.160. The molecule has 0 saturated carbocycles. The maximum absolute atomic E-state index is 5.63. The summed E-state index contributed by atoms with van der Waals surface area (Å²) in [4.78, 5) is 0. The lowest BCUT2D eigenvalue weighted by atomic mass is 9.36. The van der Waals surface area contributed by atoms with Crippen LogP contribution in [-0.2, 0) is 0 Å². The molecule has 6 nitrogen and oxygen atoms in total. The predicted octanol–water partition coefficient (Wildman–Crippen LogP) is 2.53.